The number of anilines is 1. The highest BCUT2D eigenvalue weighted by atomic mass is 19.4. The molecule has 1 fully saturated rings. The fraction of sp³-hybridized carbons (Fsp3) is 0.435. The second-order valence-corrected chi connectivity index (χ2v) is 8.39. The minimum absolute atomic E-state index is 0.0947. The van der Waals surface area contributed by atoms with Crippen LogP contribution in [0.1, 0.15) is 50.5 Å². The molecular weight excluding hydrogens is 458 g/mol. The number of carbonyl (C=O) groups excluding carboxylic acids is 3. The lowest BCUT2D eigenvalue weighted by molar-refractivity contribution is -0.216. The van der Waals surface area contributed by atoms with Gasteiger partial charge in [0.2, 0.25) is 0 Å². The summed E-state index contributed by atoms with van der Waals surface area (Å²) in [4.78, 5) is 38.5. The first kappa shape index (κ1) is 25.4. The van der Waals surface area contributed by atoms with E-state index in [1.165, 1.54) is 43.7 Å². The number of rotatable bonds is 5. The molecule has 1 aromatic heterocycles. The van der Waals surface area contributed by atoms with Crippen molar-refractivity contribution in [2.24, 2.45) is 7.05 Å². The van der Waals surface area contributed by atoms with Gasteiger partial charge in [-0.15, -0.1) is 0 Å². The molecule has 11 heteroatoms. The Balaban J connectivity index is 1.89. The van der Waals surface area contributed by atoms with Crippen molar-refractivity contribution in [3.05, 3.63) is 52.1 Å². The van der Waals surface area contributed by atoms with Gasteiger partial charge in [0, 0.05) is 44.5 Å². The first-order valence-corrected chi connectivity index (χ1v) is 10.5. The Bertz CT molecular complexity index is 1150. The Hall–Kier alpha value is -3.21. The van der Waals surface area contributed by atoms with Crippen LogP contribution in [0.2, 0.25) is 0 Å². The van der Waals surface area contributed by atoms with Gasteiger partial charge >= 0.3 is 6.18 Å². The number of aryl methyl sites for hydroxylation is 1. The van der Waals surface area contributed by atoms with E-state index in [0.29, 0.717) is 16.9 Å². The molecule has 0 saturated carbocycles. The van der Waals surface area contributed by atoms with Crippen molar-refractivity contribution in [1.29, 1.82) is 0 Å². The number of aromatic nitrogens is 1. The van der Waals surface area contributed by atoms with E-state index in [4.69, 9.17) is 4.74 Å². The Morgan fingerprint density at radius 3 is 2.26 bits per heavy atom. The Labute approximate surface area is 193 Å². The van der Waals surface area contributed by atoms with E-state index in [2.05, 4.69) is 5.32 Å². The van der Waals surface area contributed by atoms with Gasteiger partial charge in [0.1, 0.15) is 11.4 Å². The number of hydrogen-bond donors (Lipinski definition) is 2. The average Bonchev–Trinajstić information content (AvgIpc) is 2.98. The molecule has 0 unspecified atom stereocenters. The smallest absolute Gasteiger partial charge is 0.381 e. The van der Waals surface area contributed by atoms with Crippen molar-refractivity contribution in [2.75, 3.05) is 18.5 Å². The predicted octanol–water partition coefficient (Wildman–Crippen LogP) is 3.75. The third-order valence-electron chi connectivity index (χ3n) is 6.24. The highest BCUT2D eigenvalue weighted by Crippen LogP contribution is 2.38. The van der Waals surface area contributed by atoms with Crippen molar-refractivity contribution >= 4 is 23.3 Å². The van der Waals surface area contributed by atoms with Crippen LogP contribution in [0.25, 0.3) is 0 Å². The molecule has 7 nitrogen and oxygen atoms in total. The maximum absolute atomic E-state index is 13.8. The van der Waals surface area contributed by atoms with E-state index in [9.17, 15) is 31.9 Å². The zero-order valence-corrected chi connectivity index (χ0v) is 19.2. The maximum atomic E-state index is 13.8. The highest BCUT2D eigenvalue weighted by molar-refractivity contribution is 6.43. The van der Waals surface area contributed by atoms with Crippen LogP contribution in [0, 0.1) is 26.6 Å². The van der Waals surface area contributed by atoms with Gasteiger partial charge in [-0.25, -0.2) is 4.39 Å². The van der Waals surface area contributed by atoms with Gasteiger partial charge in [-0.3, -0.25) is 14.4 Å². The summed E-state index contributed by atoms with van der Waals surface area (Å²) < 4.78 is 61.1. The van der Waals surface area contributed by atoms with Crippen LogP contribution < -0.4 is 10.6 Å². The first-order valence-electron chi connectivity index (χ1n) is 10.5. The molecule has 1 saturated heterocycles. The van der Waals surface area contributed by atoms with E-state index in [1.807, 2.05) is 5.32 Å². The second-order valence-electron chi connectivity index (χ2n) is 8.39. The monoisotopic (exact) mass is 483 g/mol. The van der Waals surface area contributed by atoms with Gasteiger partial charge in [0.05, 0.1) is 11.3 Å². The molecule has 2 amide bonds. The van der Waals surface area contributed by atoms with E-state index in [1.54, 1.807) is 6.92 Å². The molecule has 2 aromatic rings. The molecule has 2 heterocycles. The van der Waals surface area contributed by atoms with Gasteiger partial charge in [-0.1, -0.05) is 0 Å². The molecule has 184 valence electrons. The van der Waals surface area contributed by atoms with Crippen molar-refractivity contribution in [3.63, 3.8) is 0 Å². The third-order valence-corrected chi connectivity index (χ3v) is 6.24. The van der Waals surface area contributed by atoms with Crippen molar-refractivity contribution < 1.29 is 36.7 Å². The number of Topliss-reactive ketones (excluding diaryl/α,β-unsaturated/α-hetero) is 1. The van der Waals surface area contributed by atoms with Crippen LogP contribution in [-0.4, -0.2) is 47.1 Å². The number of ketones is 1. The van der Waals surface area contributed by atoms with Crippen LogP contribution in [0.3, 0.4) is 0 Å². The van der Waals surface area contributed by atoms with Crippen LogP contribution in [-0.2, 0) is 16.6 Å². The summed E-state index contributed by atoms with van der Waals surface area (Å²) in [6.07, 6.45) is -5.79. The molecule has 1 aliphatic rings. The lowest BCUT2D eigenvalue weighted by atomic mass is 9.89. The fourth-order valence-corrected chi connectivity index (χ4v) is 4.13. The number of nitrogens with one attached hydrogen (secondary N) is 2. The molecule has 0 spiro atoms. The van der Waals surface area contributed by atoms with Gasteiger partial charge < -0.3 is 19.9 Å². The lowest BCUT2D eigenvalue weighted by Crippen LogP contribution is -2.62. The largest absolute Gasteiger partial charge is 0.411 e. The molecule has 0 radical (unpaired) electrons. The summed E-state index contributed by atoms with van der Waals surface area (Å²) in [5.74, 6) is -3.64. The van der Waals surface area contributed by atoms with Crippen molar-refractivity contribution in [2.45, 2.75) is 45.3 Å². The Kier molecular flexibility index (Phi) is 6.88. The van der Waals surface area contributed by atoms with Crippen LogP contribution in [0.15, 0.2) is 18.2 Å². The number of hydrogen-bond acceptors (Lipinski definition) is 4. The fourth-order valence-electron chi connectivity index (χ4n) is 4.13. The summed E-state index contributed by atoms with van der Waals surface area (Å²) >= 11 is 0. The SMILES string of the molecule is Cc1cc(NC(=O)c2c(C)c(C(=O)C(=O)NC3(C(F)(F)F)CCOCC3)n(C)c2C)ccc1F. The van der Waals surface area contributed by atoms with Gasteiger partial charge in [0.15, 0.2) is 0 Å². The zero-order valence-electron chi connectivity index (χ0n) is 19.2. The minimum atomic E-state index is -4.77. The second kappa shape index (κ2) is 9.21. The number of alkyl halides is 3. The number of amides is 2. The molecule has 1 aliphatic heterocycles. The van der Waals surface area contributed by atoms with E-state index in [-0.39, 0.29) is 30.0 Å². The standard InChI is InChI=1S/C23H25F4N3O4/c1-12-11-15(5-6-16(12)24)28-20(32)17-13(2)18(30(4)14(17)3)19(31)21(33)29-22(23(25,26)27)7-9-34-10-8-22/h5-6,11H,7-10H2,1-4H3,(H,28,32)(H,29,33). The van der Waals surface area contributed by atoms with Crippen LogP contribution >= 0.6 is 0 Å². The van der Waals surface area contributed by atoms with E-state index < -0.39 is 48.0 Å². The molecule has 0 atom stereocenters. The van der Waals surface area contributed by atoms with Crippen LogP contribution in [0.5, 0.6) is 0 Å². The number of carbonyl (C=O) groups is 3. The predicted molar refractivity (Wildman–Crippen MR) is 115 cm³/mol. The van der Waals surface area contributed by atoms with Crippen molar-refractivity contribution in [3.8, 4) is 0 Å². The molecule has 0 aliphatic carbocycles. The first-order chi connectivity index (χ1) is 15.8. The number of halogens is 4. The summed E-state index contributed by atoms with van der Waals surface area (Å²) in [6.45, 7) is 4.10. The normalized spacial score (nSPS) is 15.6. The zero-order chi connectivity index (χ0) is 25.4. The quantitative estimate of drug-likeness (QED) is 0.385. The Morgan fingerprint density at radius 1 is 1.09 bits per heavy atom. The maximum Gasteiger partial charge on any atom is 0.411 e. The van der Waals surface area contributed by atoms with Gasteiger partial charge in [-0.2, -0.15) is 13.2 Å². The molecule has 34 heavy (non-hydrogen) atoms. The number of nitrogens with zero attached hydrogens (tertiary/aromatic N) is 1. The third kappa shape index (κ3) is 4.56. The average molecular weight is 483 g/mol. The molecule has 2 N–H and O–H groups in total. The summed E-state index contributed by atoms with van der Waals surface area (Å²) in [5.41, 5.74) is -1.54. The highest BCUT2D eigenvalue weighted by Gasteiger charge is 2.56. The molecule has 3 rings (SSSR count). The lowest BCUT2D eigenvalue weighted by Gasteiger charge is -2.39. The van der Waals surface area contributed by atoms with Crippen LogP contribution in [0.4, 0.5) is 23.2 Å². The topological polar surface area (TPSA) is 89.4 Å². The van der Waals surface area contributed by atoms with E-state index >= 15 is 0 Å². The summed E-state index contributed by atoms with van der Waals surface area (Å²) in [5, 5.41) is 4.51. The minimum Gasteiger partial charge on any atom is -0.381 e. The van der Waals surface area contributed by atoms with Gasteiger partial charge in [0.25, 0.3) is 17.6 Å². The van der Waals surface area contributed by atoms with Gasteiger partial charge in [-0.05, 0) is 50.1 Å². The van der Waals surface area contributed by atoms with E-state index in [0.717, 1.165) is 0 Å². The summed E-state index contributed by atoms with van der Waals surface area (Å²) in [6, 6.07) is 4.00. The number of ether oxygens (including phenoxy) is 1. The number of benzene rings is 1. The molecule has 0 bridgehead atoms. The van der Waals surface area contributed by atoms with Crippen molar-refractivity contribution in [1.82, 2.24) is 9.88 Å². The summed E-state index contributed by atoms with van der Waals surface area (Å²) in [7, 11) is 1.44. The Morgan fingerprint density at radius 2 is 1.71 bits per heavy atom. The molecule has 1 aromatic carbocycles. The molecular formula is C23H25F4N3O4.